The SMILES string of the molecule is CN=C(NCCN(C)C1CCCCC1)NC1CCC(SC)C1.I. The van der Waals surface area contributed by atoms with E-state index in [1.165, 1.54) is 51.4 Å². The predicted octanol–water partition coefficient (Wildman–Crippen LogP) is 3.32. The minimum Gasteiger partial charge on any atom is -0.355 e. The van der Waals surface area contributed by atoms with Crippen molar-refractivity contribution in [2.24, 2.45) is 4.99 Å². The van der Waals surface area contributed by atoms with Crippen molar-refractivity contribution in [2.45, 2.75) is 68.7 Å². The van der Waals surface area contributed by atoms with Gasteiger partial charge in [0, 0.05) is 37.5 Å². The number of guanidine groups is 1. The first-order valence-electron chi connectivity index (χ1n) is 8.93. The number of aliphatic imine (C=N–C) groups is 1. The van der Waals surface area contributed by atoms with Crippen LogP contribution < -0.4 is 10.6 Å². The molecule has 2 atom stereocenters. The van der Waals surface area contributed by atoms with Gasteiger partial charge in [0.15, 0.2) is 5.96 Å². The van der Waals surface area contributed by atoms with Gasteiger partial charge in [0.1, 0.15) is 0 Å². The van der Waals surface area contributed by atoms with Crippen molar-refractivity contribution in [3.63, 3.8) is 0 Å². The molecule has 2 aliphatic carbocycles. The third kappa shape index (κ3) is 7.38. The van der Waals surface area contributed by atoms with Crippen LogP contribution in [-0.4, -0.2) is 61.6 Å². The molecule has 2 rings (SSSR count). The Kier molecular flexibility index (Phi) is 10.9. The van der Waals surface area contributed by atoms with Gasteiger partial charge < -0.3 is 15.5 Å². The summed E-state index contributed by atoms with van der Waals surface area (Å²) in [6.07, 6.45) is 13.1. The number of nitrogens with zero attached hydrogens (tertiary/aromatic N) is 2. The van der Waals surface area contributed by atoms with Gasteiger partial charge in [-0.15, -0.1) is 24.0 Å². The fourth-order valence-electron chi connectivity index (χ4n) is 3.73. The average Bonchev–Trinajstić information content (AvgIpc) is 3.02. The summed E-state index contributed by atoms with van der Waals surface area (Å²) in [5.74, 6) is 0.976. The third-order valence-corrected chi connectivity index (χ3v) is 6.33. The van der Waals surface area contributed by atoms with Crippen LogP contribution in [0.5, 0.6) is 0 Å². The lowest BCUT2D eigenvalue weighted by Gasteiger charge is -2.31. The van der Waals surface area contributed by atoms with Crippen molar-refractivity contribution in [3.05, 3.63) is 0 Å². The molecule has 0 spiro atoms. The van der Waals surface area contributed by atoms with Crippen LogP contribution in [0.3, 0.4) is 0 Å². The zero-order chi connectivity index (χ0) is 15.8. The van der Waals surface area contributed by atoms with E-state index in [4.69, 9.17) is 0 Å². The third-order valence-electron chi connectivity index (χ3n) is 5.24. The summed E-state index contributed by atoms with van der Waals surface area (Å²) < 4.78 is 0. The molecule has 0 bridgehead atoms. The molecule has 0 radical (unpaired) electrons. The Labute approximate surface area is 164 Å². The maximum absolute atomic E-state index is 4.38. The van der Waals surface area contributed by atoms with Crippen molar-refractivity contribution < 1.29 is 0 Å². The number of thioether (sulfide) groups is 1. The minimum absolute atomic E-state index is 0. The van der Waals surface area contributed by atoms with Crippen molar-refractivity contribution in [1.82, 2.24) is 15.5 Å². The second-order valence-corrected chi connectivity index (χ2v) is 7.92. The lowest BCUT2D eigenvalue weighted by molar-refractivity contribution is 0.194. The summed E-state index contributed by atoms with van der Waals surface area (Å²) >= 11 is 2.00. The second-order valence-electron chi connectivity index (χ2n) is 6.78. The number of halogens is 1. The normalized spacial score (nSPS) is 26.2. The summed E-state index contributed by atoms with van der Waals surface area (Å²) in [6.45, 7) is 2.08. The summed E-state index contributed by atoms with van der Waals surface area (Å²) in [6, 6.07) is 1.39. The van der Waals surface area contributed by atoms with Gasteiger partial charge in [0.05, 0.1) is 0 Å². The second kappa shape index (κ2) is 11.8. The molecule has 0 heterocycles. The van der Waals surface area contributed by atoms with Gasteiger partial charge in [-0.25, -0.2) is 0 Å². The van der Waals surface area contributed by atoms with Gasteiger partial charge in [0.25, 0.3) is 0 Å². The Morgan fingerprint density at radius 1 is 1.17 bits per heavy atom. The summed E-state index contributed by atoms with van der Waals surface area (Å²) in [4.78, 5) is 6.91. The van der Waals surface area contributed by atoms with E-state index in [-0.39, 0.29) is 24.0 Å². The Balaban J connectivity index is 0.00000264. The lowest BCUT2D eigenvalue weighted by atomic mass is 9.94. The Morgan fingerprint density at radius 2 is 1.91 bits per heavy atom. The van der Waals surface area contributed by atoms with Gasteiger partial charge in [-0.3, -0.25) is 4.99 Å². The highest BCUT2D eigenvalue weighted by Crippen LogP contribution is 2.28. The molecular formula is C17H35IN4S. The number of nitrogens with one attached hydrogen (secondary N) is 2. The van der Waals surface area contributed by atoms with E-state index >= 15 is 0 Å². The van der Waals surface area contributed by atoms with E-state index in [1.807, 2.05) is 18.8 Å². The van der Waals surface area contributed by atoms with Gasteiger partial charge >= 0.3 is 0 Å². The van der Waals surface area contributed by atoms with Gasteiger partial charge in [-0.2, -0.15) is 11.8 Å². The molecule has 0 aromatic rings. The lowest BCUT2D eigenvalue weighted by Crippen LogP contribution is -2.46. The highest BCUT2D eigenvalue weighted by molar-refractivity contribution is 14.0. The molecule has 2 fully saturated rings. The fraction of sp³-hybridized carbons (Fsp3) is 0.941. The highest BCUT2D eigenvalue weighted by atomic mass is 127. The summed E-state index contributed by atoms with van der Waals surface area (Å²) in [5.41, 5.74) is 0. The maximum Gasteiger partial charge on any atom is 0.191 e. The van der Waals surface area contributed by atoms with E-state index in [9.17, 15) is 0 Å². The van der Waals surface area contributed by atoms with Crippen LogP contribution in [0.1, 0.15) is 51.4 Å². The molecule has 2 saturated carbocycles. The Bertz CT molecular complexity index is 347. The number of likely N-dealkylation sites (N-methyl/N-ethyl adjacent to an activating group) is 1. The van der Waals surface area contributed by atoms with E-state index in [0.29, 0.717) is 6.04 Å². The molecule has 2 aliphatic rings. The molecule has 0 aliphatic heterocycles. The standard InChI is InChI=1S/C17H34N4S.HI/c1-18-17(20-14-9-10-16(13-14)22-3)19-11-12-21(2)15-7-5-4-6-8-15;/h14-16H,4-13H2,1-3H3,(H2,18,19,20);1H. The highest BCUT2D eigenvalue weighted by Gasteiger charge is 2.24. The van der Waals surface area contributed by atoms with Gasteiger partial charge in [-0.1, -0.05) is 19.3 Å². The topological polar surface area (TPSA) is 39.7 Å². The molecule has 0 saturated heterocycles. The minimum atomic E-state index is 0. The van der Waals surface area contributed by atoms with Crippen LogP contribution in [0.15, 0.2) is 4.99 Å². The van der Waals surface area contributed by atoms with E-state index < -0.39 is 0 Å². The van der Waals surface area contributed by atoms with Crippen molar-refractivity contribution in [3.8, 4) is 0 Å². The monoisotopic (exact) mass is 454 g/mol. The van der Waals surface area contributed by atoms with Crippen LogP contribution in [-0.2, 0) is 0 Å². The van der Waals surface area contributed by atoms with Gasteiger partial charge in [0.2, 0.25) is 0 Å². The van der Waals surface area contributed by atoms with Crippen LogP contribution >= 0.6 is 35.7 Å². The molecule has 6 heteroatoms. The molecule has 0 aromatic carbocycles. The molecule has 2 N–H and O–H groups in total. The molecular weight excluding hydrogens is 419 g/mol. The summed E-state index contributed by atoms with van der Waals surface area (Å²) in [7, 11) is 4.15. The van der Waals surface area contributed by atoms with E-state index in [1.54, 1.807) is 0 Å². The predicted molar refractivity (Wildman–Crippen MR) is 114 cm³/mol. The molecule has 0 aromatic heterocycles. The first kappa shape index (κ1) is 21.4. The van der Waals surface area contributed by atoms with Crippen LogP contribution in [0, 0.1) is 0 Å². The fourth-order valence-corrected chi connectivity index (χ4v) is 4.52. The quantitative estimate of drug-likeness (QED) is 0.367. The first-order chi connectivity index (χ1) is 10.7. The van der Waals surface area contributed by atoms with Crippen molar-refractivity contribution in [1.29, 1.82) is 0 Å². The number of rotatable bonds is 6. The maximum atomic E-state index is 4.38. The summed E-state index contributed by atoms with van der Waals surface area (Å²) in [5, 5.41) is 7.91. The van der Waals surface area contributed by atoms with E-state index in [2.05, 4.69) is 33.8 Å². The molecule has 136 valence electrons. The zero-order valence-corrected chi connectivity index (χ0v) is 18.2. The van der Waals surface area contributed by atoms with Crippen molar-refractivity contribution in [2.75, 3.05) is 33.4 Å². The van der Waals surface area contributed by atoms with Crippen LogP contribution in [0.2, 0.25) is 0 Å². The number of hydrogen-bond acceptors (Lipinski definition) is 3. The smallest absolute Gasteiger partial charge is 0.191 e. The Hall–Kier alpha value is 0.310. The van der Waals surface area contributed by atoms with Crippen LogP contribution in [0.25, 0.3) is 0 Å². The zero-order valence-electron chi connectivity index (χ0n) is 15.0. The number of hydrogen-bond donors (Lipinski definition) is 2. The van der Waals surface area contributed by atoms with E-state index in [0.717, 1.165) is 30.3 Å². The average molecular weight is 454 g/mol. The molecule has 2 unspecified atom stereocenters. The first-order valence-corrected chi connectivity index (χ1v) is 10.2. The van der Waals surface area contributed by atoms with Crippen molar-refractivity contribution >= 4 is 41.7 Å². The van der Waals surface area contributed by atoms with Gasteiger partial charge in [-0.05, 0) is 45.4 Å². The molecule has 4 nitrogen and oxygen atoms in total. The Morgan fingerprint density at radius 3 is 2.52 bits per heavy atom. The largest absolute Gasteiger partial charge is 0.355 e. The van der Waals surface area contributed by atoms with Crippen LogP contribution in [0.4, 0.5) is 0 Å². The molecule has 0 amide bonds. The molecule has 23 heavy (non-hydrogen) atoms.